The number of aromatic amines is 2. The number of fused-ring (bicyclic) bond motifs is 20. The molecule has 0 atom stereocenters. The van der Waals surface area contributed by atoms with E-state index >= 15 is 0 Å². The molecule has 367 valence electrons. The second-order valence-electron chi connectivity index (χ2n) is 18.3. The van der Waals surface area contributed by atoms with Gasteiger partial charge in [0.05, 0.1) is 0 Å². The Labute approximate surface area is 425 Å². The topological polar surface area (TPSA) is 109 Å². The average molecular weight is 1010 g/mol. The normalized spacial score (nSPS) is 11.8. The summed E-state index contributed by atoms with van der Waals surface area (Å²) in [5.41, 5.74) is 6.45. The fraction of sp³-hybridized carbons (Fsp3) is 0.448. The van der Waals surface area contributed by atoms with Crippen molar-refractivity contribution in [1.82, 2.24) is 39.9 Å². The first-order chi connectivity index (χ1) is 34.2. The molecule has 0 amide bonds. The summed E-state index contributed by atoms with van der Waals surface area (Å²) in [5, 5.41) is 3.82. The minimum atomic E-state index is 0.597. The van der Waals surface area contributed by atoms with Gasteiger partial charge in [-0.25, -0.2) is 29.9 Å². The third-order valence-electron chi connectivity index (χ3n) is 13.0. The van der Waals surface area contributed by atoms with Gasteiger partial charge in [0.15, 0.2) is 23.3 Å². The van der Waals surface area contributed by atoms with Gasteiger partial charge < -0.3 is 9.97 Å². The van der Waals surface area contributed by atoms with Crippen LogP contribution in [-0.4, -0.2) is 60.7 Å². The Kier molecular flexibility index (Phi) is 20.4. The number of H-pyrrole nitrogens is 2. The Hall–Kier alpha value is -4.54. The first kappa shape index (κ1) is 50.8. The van der Waals surface area contributed by atoms with Crippen LogP contribution in [-0.2, 0) is 15.0 Å². The van der Waals surface area contributed by atoms with Crippen molar-refractivity contribution in [3.05, 3.63) is 97.1 Å². The summed E-state index contributed by atoms with van der Waals surface area (Å²) in [5.74, 6) is 5.15. The van der Waals surface area contributed by atoms with Crippen LogP contribution in [0.5, 0.6) is 0 Å². The summed E-state index contributed by atoms with van der Waals surface area (Å²) >= 11 is 6.55. The molecule has 2 aliphatic heterocycles. The van der Waals surface area contributed by atoms with E-state index < -0.39 is 0 Å². The molecule has 0 unspecified atom stereocenters. The van der Waals surface area contributed by atoms with E-state index in [1.54, 1.807) is 0 Å². The number of unbranched alkanes of at least 4 members (excludes halogenated alkanes) is 18. The molecule has 0 saturated carbocycles. The zero-order valence-corrected chi connectivity index (χ0v) is 43.6. The van der Waals surface area contributed by atoms with Gasteiger partial charge in [-0.1, -0.05) is 124 Å². The minimum Gasteiger partial charge on any atom is -0.324 e. The van der Waals surface area contributed by atoms with Crippen molar-refractivity contribution >= 4 is 67.7 Å². The van der Waals surface area contributed by atoms with E-state index in [0.717, 1.165) is 43.8 Å². The second kappa shape index (κ2) is 27.7. The number of aromatic nitrogens is 8. The Balaban J connectivity index is 0.000000199. The van der Waals surface area contributed by atoms with Crippen LogP contribution in [0.25, 0.3) is 89.7 Å². The molecule has 2 aliphatic rings. The fourth-order valence-electron chi connectivity index (χ4n) is 9.17. The second-order valence-corrected chi connectivity index (χ2v) is 22.4. The van der Waals surface area contributed by atoms with Crippen molar-refractivity contribution < 1.29 is 15.0 Å². The van der Waals surface area contributed by atoms with Crippen molar-refractivity contribution in [3.8, 4) is 45.6 Å². The predicted molar refractivity (Wildman–Crippen MR) is 294 cm³/mol. The first-order valence-electron chi connectivity index (χ1n) is 26.0. The van der Waals surface area contributed by atoms with Gasteiger partial charge in [-0.2, -0.15) is 0 Å². The summed E-state index contributed by atoms with van der Waals surface area (Å²) in [6.45, 7) is 4.60. The molecule has 7 aromatic rings. The number of nitrogens with zero attached hydrogens (tertiary/aromatic N) is 6. The molecule has 9 rings (SSSR count). The van der Waals surface area contributed by atoms with Crippen LogP contribution in [0.4, 0.5) is 0 Å². The Morgan fingerprint density at radius 3 is 0.884 bits per heavy atom. The monoisotopic (exact) mass is 1010 g/mol. The van der Waals surface area contributed by atoms with Crippen molar-refractivity contribution in [1.29, 1.82) is 0 Å². The standard InChI is InChI=1S/C32H18N8.2C13H27S.Cu/c1-2-10-18-17(9-1)25-33-26(18)38-28-21-13-5-6-14-22(21)30(35-28)40-32-24-16-8-7-15-23(24)31(36-32)39-29-20-12-4-3-11-19(20)27(34-29)37-25;2*1-3-4-5-6-7-8-9-10-11-12-13-14-2;/h1-16H,(H2,33,34,35,36,37,38,39,40);2*2-13H2,1H3;. The SMILES string of the molecule is CCCCCCCCCCCCS[CH2][Cu][CH2]SCCCCCCCCCCCC.c1ccc2c(c1)-c1nc-2nc2[nH]c(nc3nc(nc4[nH]c(n1)c1ccccc41)-c1ccccc1-3)c1ccccc21. The molecule has 11 heteroatoms. The van der Waals surface area contributed by atoms with Crippen molar-refractivity contribution in [2.45, 2.75) is 142 Å². The fourth-order valence-corrected chi connectivity index (χ4v) is 12.9. The van der Waals surface area contributed by atoms with E-state index in [9.17, 15) is 0 Å². The molecule has 2 N–H and O–H groups in total. The van der Waals surface area contributed by atoms with Crippen LogP contribution < -0.4 is 0 Å². The molecule has 0 saturated heterocycles. The van der Waals surface area contributed by atoms with Crippen molar-refractivity contribution in [3.63, 3.8) is 0 Å². The van der Waals surface area contributed by atoms with Gasteiger partial charge in [-0.15, -0.1) is 0 Å². The number of nitrogens with one attached hydrogen (secondary N) is 2. The maximum atomic E-state index is 5.02. The van der Waals surface area contributed by atoms with E-state index in [2.05, 4.69) is 62.3 Å². The van der Waals surface area contributed by atoms with Crippen LogP contribution in [0.1, 0.15) is 142 Å². The molecule has 5 heterocycles. The number of hydrogen-bond donors (Lipinski definition) is 2. The van der Waals surface area contributed by atoms with Crippen LogP contribution in [0.3, 0.4) is 0 Å². The van der Waals surface area contributed by atoms with E-state index in [1.807, 2.05) is 97.1 Å². The summed E-state index contributed by atoms with van der Waals surface area (Å²) in [4.78, 5) is 36.8. The van der Waals surface area contributed by atoms with Crippen LogP contribution >= 0.6 is 23.5 Å². The average Bonchev–Trinajstić information content (AvgIpc) is 4.12. The third-order valence-corrected chi connectivity index (χ3v) is 16.9. The Morgan fingerprint density at radius 2 is 0.594 bits per heavy atom. The van der Waals surface area contributed by atoms with Crippen molar-refractivity contribution in [2.75, 3.05) is 20.8 Å². The third kappa shape index (κ3) is 14.3. The molecule has 0 fully saturated rings. The number of thioether (sulfide) groups is 2. The maximum absolute atomic E-state index is 5.02. The molecular weight excluding hydrogens is 936 g/mol. The molecule has 8 nitrogen and oxygen atoms in total. The number of hydrogen-bond acceptors (Lipinski definition) is 8. The van der Waals surface area contributed by atoms with Gasteiger partial charge >= 0.3 is 175 Å². The Morgan fingerprint density at radius 1 is 0.333 bits per heavy atom. The smallest absolute Gasteiger partial charge is 0.324 e. The van der Waals surface area contributed by atoms with E-state index in [-0.39, 0.29) is 0 Å². The van der Waals surface area contributed by atoms with E-state index in [0.29, 0.717) is 45.9 Å². The number of benzene rings is 4. The molecular formula is C58H72CuN8S2. The summed E-state index contributed by atoms with van der Waals surface area (Å²) < 4.78 is 2.60. The summed E-state index contributed by atoms with van der Waals surface area (Å²) in [6, 6.07) is 32.2. The summed E-state index contributed by atoms with van der Waals surface area (Å²) in [6.07, 6.45) is 29.0. The first-order valence-corrected chi connectivity index (χ1v) is 29.6. The molecule has 0 aliphatic carbocycles. The van der Waals surface area contributed by atoms with Gasteiger partial charge in [-0.05, 0) is 0 Å². The van der Waals surface area contributed by atoms with Crippen LogP contribution in [0, 0.1) is 0 Å². The molecule has 4 aromatic carbocycles. The molecule has 0 spiro atoms. The van der Waals surface area contributed by atoms with Gasteiger partial charge in [0.1, 0.15) is 22.6 Å². The zero-order chi connectivity index (χ0) is 47.3. The quantitative estimate of drug-likeness (QED) is 0.0408. The van der Waals surface area contributed by atoms with Gasteiger partial charge in [0.25, 0.3) is 0 Å². The summed E-state index contributed by atoms with van der Waals surface area (Å²) in [7, 11) is 0. The Bertz CT molecular complexity index is 2510. The zero-order valence-electron chi connectivity index (χ0n) is 41.0. The van der Waals surface area contributed by atoms with Gasteiger partial charge in [-0.3, -0.25) is 0 Å². The van der Waals surface area contributed by atoms with Gasteiger partial charge in [0, 0.05) is 43.8 Å². The van der Waals surface area contributed by atoms with E-state index in [1.165, 1.54) is 149 Å². The number of rotatable bonds is 26. The van der Waals surface area contributed by atoms with Crippen LogP contribution in [0.15, 0.2) is 97.1 Å². The predicted octanol–water partition coefficient (Wildman–Crippen LogP) is 17.2. The molecule has 8 bridgehead atoms. The van der Waals surface area contributed by atoms with Crippen molar-refractivity contribution in [2.24, 2.45) is 0 Å². The van der Waals surface area contributed by atoms with E-state index in [4.69, 9.17) is 29.9 Å². The molecule has 0 radical (unpaired) electrons. The van der Waals surface area contributed by atoms with Crippen LogP contribution in [0.2, 0.25) is 0 Å². The van der Waals surface area contributed by atoms with Gasteiger partial charge in [0.2, 0.25) is 0 Å². The molecule has 69 heavy (non-hydrogen) atoms. The minimum absolute atomic E-state index is 0.597. The molecule has 3 aromatic heterocycles.